The first kappa shape index (κ1) is 16.0. The van der Waals surface area contributed by atoms with E-state index < -0.39 is 0 Å². The number of thioether (sulfide) groups is 1. The zero-order valence-corrected chi connectivity index (χ0v) is 14.0. The lowest BCUT2D eigenvalue weighted by molar-refractivity contribution is -0.120. The van der Waals surface area contributed by atoms with Crippen LogP contribution in [-0.2, 0) is 17.1 Å². The van der Waals surface area contributed by atoms with E-state index in [0.717, 1.165) is 27.8 Å². The number of rotatable bonds is 7. The van der Waals surface area contributed by atoms with Crippen LogP contribution < -0.4 is 5.32 Å². The minimum atomic E-state index is 0.110. The van der Waals surface area contributed by atoms with Gasteiger partial charge >= 0.3 is 0 Å². The number of nitrogens with zero attached hydrogens (tertiary/aromatic N) is 1. The maximum Gasteiger partial charge on any atom is 0.221 e. The molecule has 0 aliphatic heterocycles. The van der Waals surface area contributed by atoms with E-state index in [1.807, 2.05) is 19.1 Å². The van der Waals surface area contributed by atoms with Gasteiger partial charge in [-0.15, -0.1) is 11.3 Å². The number of thiazole rings is 1. The van der Waals surface area contributed by atoms with Gasteiger partial charge < -0.3 is 5.32 Å². The van der Waals surface area contributed by atoms with Gasteiger partial charge in [-0.05, 0) is 19.4 Å². The highest BCUT2D eigenvalue weighted by molar-refractivity contribution is 7.98. The number of benzene rings is 1. The Morgan fingerprint density at radius 2 is 2.24 bits per heavy atom. The molecule has 5 heteroatoms. The third-order valence-electron chi connectivity index (χ3n) is 2.96. The summed E-state index contributed by atoms with van der Waals surface area (Å²) in [7, 11) is 0. The Bertz CT molecular complexity index is 595. The van der Waals surface area contributed by atoms with Crippen molar-refractivity contribution in [3.8, 4) is 0 Å². The molecule has 0 aliphatic carbocycles. The van der Waals surface area contributed by atoms with Gasteiger partial charge in [0.2, 0.25) is 5.91 Å². The lowest BCUT2D eigenvalue weighted by atomic mass is 10.1. The highest BCUT2D eigenvalue weighted by atomic mass is 32.2. The molecule has 0 aliphatic rings. The summed E-state index contributed by atoms with van der Waals surface area (Å²) in [6.07, 6.45) is 0.555. The molecule has 0 saturated heterocycles. The van der Waals surface area contributed by atoms with Crippen molar-refractivity contribution in [3.05, 3.63) is 51.5 Å². The average molecular weight is 320 g/mol. The van der Waals surface area contributed by atoms with Crippen LogP contribution in [-0.4, -0.2) is 16.6 Å². The second-order valence-corrected chi connectivity index (χ2v) is 7.09. The van der Waals surface area contributed by atoms with Gasteiger partial charge in [-0.25, -0.2) is 4.98 Å². The first-order valence-corrected chi connectivity index (χ1v) is 8.98. The van der Waals surface area contributed by atoms with Crippen LogP contribution in [0.5, 0.6) is 0 Å². The quantitative estimate of drug-likeness (QED) is 0.791. The SMILES string of the molecule is Cc1cccc(CNC(=O)CCSCc2csc(C)n2)c1. The second-order valence-electron chi connectivity index (χ2n) is 4.93. The number of aromatic nitrogens is 1. The highest BCUT2D eigenvalue weighted by Gasteiger charge is 2.03. The van der Waals surface area contributed by atoms with E-state index in [-0.39, 0.29) is 5.91 Å². The maximum absolute atomic E-state index is 11.8. The second kappa shape index (κ2) is 8.20. The van der Waals surface area contributed by atoms with Crippen molar-refractivity contribution in [3.63, 3.8) is 0 Å². The predicted molar refractivity (Wildman–Crippen MR) is 90.7 cm³/mol. The molecule has 0 fully saturated rings. The average Bonchev–Trinajstić information content (AvgIpc) is 2.87. The Kier molecular flexibility index (Phi) is 6.26. The Labute approximate surface area is 134 Å². The molecule has 2 aromatic rings. The standard InChI is InChI=1S/C16H20N2OS2/c1-12-4-3-5-14(8-12)9-17-16(19)6-7-20-10-15-11-21-13(2)18-15/h3-5,8,11H,6-7,9-10H2,1-2H3,(H,17,19). The molecule has 0 saturated carbocycles. The van der Waals surface area contributed by atoms with Gasteiger partial charge in [-0.1, -0.05) is 29.8 Å². The van der Waals surface area contributed by atoms with Gasteiger partial charge in [-0.3, -0.25) is 4.79 Å². The Balaban J connectivity index is 1.61. The van der Waals surface area contributed by atoms with Gasteiger partial charge in [-0.2, -0.15) is 11.8 Å². The molecule has 0 bridgehead atoms. The van der Waals surface area contributed by atoms with E-state index in [1.165, 1.54) is 5.56 Å². The van der Waals surface area contributed by atoms with Crippen LogP contribution in [0.1, 0.15) is 28.2 Å². The first-order chi connectivity index (χ1) is 10.1. The summed E-state index contributed by atoms with van der Waals surface area (Å²) in [6.45, 7) is 4.68. The minimum Gasteiger partial charge on any atom is -0.352 e. The highest BCUT2D eigenvalue weighted by Crippen LogP contribution is 2.15. The van der Waals surface area contributed by atoms with Crippen LogP contribution >= 0.6 is 23.1 Å². The molecule has 1 amide bonds. The third kappa shape index (κ3) is 5.89. The molecule has 1 aromatic heterocycles. The number of carbonyl (C=O) groups excluding carboxylic acids is 1. The van der Waals surface area contributed by atoms with E-state index in [4.69, 9.17) is 0 Å². The molecule has 2 rings (SSSR count). The molecule has 1 heterocycles. The monoisotopic (exact) mass is 320 g/mol. The van der Waals surface area contributed by atoms with Crippen LogP contribution in [0, 0.1) is 13.8 Å². The molecule has 0 radical (unpaired) electrons. The normalized spacial score (nSPS) is 10.6. The fourth-order valence-corrected chi connectivity index (χ4v) is 3.48. The van der Waals surface area contributed by atoms with Gasteiger partial charge in [0.15, 0.2) is 0 Å². The molecule has 0 spiro atoms. The van der Waals surface area contributed by atoms with Crippen molar-refractivity contribution in [1.29, 1.82) is 0 Å². The molecular weight excluding hydrogens is 300 g/mol. The largest absolute Gasteiger partial charge is 0.352 e. The van der Waals surface area contributed by atoms with Gasteiger partial charge in [0.05, 0.1) is 10.7 Å². The molecule has 1 N–H and O–H groups in total. The van der Waals surface area contributed by atoms with Gasteiger partial charge in [0.25, 0.3) is 0 Å². The third-order valence-corrected chi connectivity index (χ3v) is 4.78. The van der Waals surface area contributed by atoms with Crippen molar-refractivity contribution in [2.45, 2.75) is 32.6 Å². The number of hydrogen-bond donors (Lipinski definition) is 1. The fraction of sp³-hybridized carbons (Fsp3) is 0.375. The van der Waals surface area contributed by atoms with Gasteiger partial charge in [0, 0.05) is 29.9 Å². The van der Waals surface area contributed by atoms with Crippen molar-refractivity contribution < 1.29 is 4.79 Å². The molecule has 3 nitrogen and oxygen atoms in total. The molecule has 0 unspecified atom stereocenters. The lowest BCUT2D eigenvalue weighted by Gasteiger charge is -2.06. The van der Waals surface area contributed by atoms with Gasteiger partial charge in [0.1, 0.15) is 0 Å². The van der Waals surface area contributed by atoms with E-state index >= 15 is 0 Å². The zero-order valence-electron chi connectivity index (χ0n) is 12.4. The number of nitrogens with one attached hydrogen (secondary N) is 1. The summed E-state index contributed by atoms with van der Waals surface area (Å²) in [6, 6.07) is 8.21. The van der Waals surface area contributed by atoms with E-state index in [2.05, 4.69) is 34.7 Å². The summed E-state index contributed by atoms with van der Waals surface area (Å²) >= 11 is 3.43. The molecule has 112 valence electrons. The number of aryl methyl sites for hydroxylation is 2. The van der Waals surface area contributed by atoms with Crippen LogP contribution in [0.25, 0.3) is 0 Å². The summed E-state index contributed by atoms with van der Waals surface area (Å²) in [5.74, 6) is 1.82. The van der Waals surface area contributed by atoms with Crippen LogP contribution in [0.3, 0.4) is 0 Å². The fourth-order valence-electron chi connectivity index (χ4n) is 1.93. The Hall–Kier alpha value is -1.33. The smallest absolute Gasteiger partial charge is 0.221 e. The zero-order chi connectivity index (χ0) is 15.1. The molecule has 1 aromatic carbocycles. The Morgan fingerprint density at radius 3 is 2.95 bits per heavy atom. The van der Waals surface area contributed by atoms with Crippen LogP contribution in [0.4, 0.5) is 0 Å². The molecule has 21 heavy (non-hydrogen) atoms. The number of amides is 1. The first-order valence-electron chi connectivity index (χ1n) is 6.94. The summed E-state index contributed by atoms with van der Waals surface area (Å²) in [4.78, 5) is 16.2. The van der Waals surface area contributed by atoms with Crippen LogP contribution in [0.2, 0.25) is 0 Å². The summed E-state index contributed by atoms with van der Waals surface area (Å²) < 4.78 is 0. The number of hydrogen-bond acceptors (Lipinski definition) is 4. The van der Waals surface area contributed by atoms with E-state index in [1.54, 1.807) is 23.1 Å². The summed E-state index contributed by atoms with van der Waals surface area (Å²) in [5.41, 5.74) is 3.48. The van der Waals surface area contributed by atoms with Crippen LogP contribution in [0.15, 0.2) is 29.6 Å². The lowest BCUT2D eigenvalue weighted by Crippen LogP contribution is -2.23. The van der Waals surface area contributed by atoms with Crippen molar-refractivity contribution in [1.82, 2.24) is 10.3 Å². The molecular formula is C16H20N2OS2. The van der Waals surface area contributed by atoms with Crippen molar-refractivity contribution in [2.24, 2.45) is 0 Å². The van der Waals surface area contributed by atoms with E-state index in [9.17, 15) is 4.79 Å². The topological polar surface area (TPSA) is 42.0 Å². The molecule has 0 atom stereocenters. The predicted octanol–water partition coefficient (Wildman–Crippen LogP) is 3.70. The van der Waals surface area contributed by atoms with E-state index in [0.29, 0.717) is 13.0 Å². The summed E-state index contributed by atoms with van der Waals surface area (Å²) in [5, 5.41) is 6.15. The number of carbonyl (C=O) groups is 1. The Morgan fingerprint density at radius 1 is 1.38 bits per heavy atom. The minimum absolute atomic E-state index is 0.110. The maximum atomic E-state index is 11.8. The van der Waals surface area contributed by atoms with Crippen molar-refractivity contribution >= 4 is 29.0 Å². The van der Waals surface area contributed by atoms with Crippen molar-refractivity contribution in [2.75, 3.05) is 5.75 Å².